The molecule has 0 heterocycles. The number of ether oxygens (including phenoxy) is 2. The average Bonchev–Trinajstić information content (AvgIpc) is 2.41. The molecule has 0 aliphatic carbocycles. The van der Waals surface area contributed by atoms with E-state index in [1.807, 2.05) is 0 Å². The molecule has 0 aromatic heterocycles. The first-order valence-electron chi connectivity index (χ1n) is 6.46. The number of aliphatic hydroxyl groups is 3. The summed E-state index contributed by atoms with van der Waals surface area (Å²) >= 11 is 0. The molecule has 0 radical (unpaired) electrons. The van der Waals surface area contributed by atoms with Gasteiger partial charge < -0.3 is 40.1 Å². The van der Waals surface area contributed by atoms with Crippen molar-refractivity contribution in [2.24, 2.45) is 0 Å². The van der Waals surface area contributed by atoms with E-state index < -0.39 is 36.4 Å². The van der Waals surface area contributed by atoms with E-state index in [0.29, 0.717) is 26.4 Å². The first-order valence-corrected chi connectivity index (χ1v) is 6.46. The molecule has 0 aromatic rings. The lowest BCUT2D eigenvalue weighted by Gasteiger charge is -2.18. The van der Waals surface area contributed by atoms with Crippen LogP contribution in [-0.4, -0.2) is 93.8 Å². The molecule has 6 N–H and O–H groups in total. The predicted octanol–water partition coefficient (Wildman–Crippen LogP) is -2.24. The van der Waals surface area contributed by atoms with E-state index in [1.165, 1.54) is 0 Å². The lowest BCUT2D eigenvalue weighted by Crippen LogP contribution is -2.42. The van der Waals surface area contributed by atoms with Crippen LogP contribution in [-0.2, 0) is 23.9 Å². The number of hydrogen-bond donors (Lipinski definition) is 6. The van der Waals surface area contributed by atoms with Crippen molar-refractivity contribution in [2.75, 3.05) is 39.6 Å². The van der Waals surface area contributed by atoms with Gasteiger partial charge in [-0.15, -0.1) is 0 Å². The normalized spacial score (nSPS) is 10.6. The number of hydrogen-bond acceptors (Lipinski definition) is 8. The van der Waals surface area contributed by atoms with Gasteiger partial charge >= 0.3 is 17.9 Å². The van der Waals surface area contributed by atoms with Crippen LogP contribution in [0.1, 0.15) is 12.8 Å². The minimum absolute atomic E-state index is 0.0417. The van der Waals surface area contributed by atoms with Gasteiger partial charge in [0.2, 0.25) is 0 Å². The van der Waals surface area contributed by atoms with Gasteiger partial charge in [-0.2, -0.15) is 0 Å². The lowest BCUT2D eigenvalue weighted by atomic mass is 9.96. The second-order valence-corrected chi connectivity index (χ2v) is 4.15. The van der Waals surface area contributed by atoms with Crippen molar-refractivity contribution < 1.29 is 54.5 Å². The fourth-order valence-corrected chi connectivity index (χ4v) is 1.17. The summed E-state index contributed by atoms with van der Waals surface area (Å²) in [6.07, 6.45) is -2.29. The highest BCUT2D eigenvalue weighted by atomic mass is 16.5. The number of carboxylic acids is 3. The molecule has 136 valence electrons. The van der Waals surface area contributed by atoms with Gasteiger partial charge in [0.25, 0.3) is 0 Å². The smallest absolute Gasteiger partial charge is 0.336 e. The summed E-state index contributed by atoms with van der Waals surface area (Å²) in [6.45, 7) is 1.73. The van der Waals surface area contributed by atoms with Crippen LogP contribution in [0.15, 0.2) is 0 Å². The summed E-state index contributed by atoms with van der Waals surface area (Å²) in [5, 5.41) is 50.3. The summed E-state index contributed by atoms with van der Waals surface area (Å²) in [4.78, 5) is 30.5. The van der Waals surface area contributed by atoms with Gasteiger partial charge in [0, 0.05) is 0 Å². The van der Waals surface area contributed by atoms with Gasteiger partial charge in [0.15, 0.2) is 5.60 Å². The molecule has 0 aliphatic heterocycles. The largest absolute Gasteiger partial charge is 0.481 e. The van der Waals surface area contributed by atoms with E-state index in [9.17, 15) is 14.4 Å². The maximum atomic E-state index is 10.3. The summed E-state index contributed by atoms with van der Waals surface area (Å²) in [5.74, 6) is -5.02. The molecular weight excluding hydrogens is 320 g/mol. The summed E-state index contributed by atoms with van der Waals surface area (Å²) in [6, 6.07) is 0. The van der Waals surface area contributed by atoms with Crippen molar-refractivity contribution >= 4 is 17.9 Å². The Bertz CT molecular complexity index is 331. The number of carboxylic acid groups (broad SMARTS) is 3. The predicted molar refractivity (Wildman–Crippen MR) is 72.9 cm³/mol. The molecule has 11 nitrogen and oxygen atoms in total. The maximum absolute atomic E-state index is 10.3. The molecule has 0 fully saturated rings. The van der Waals surface area contributed by atoms with Crippen molar-refractivity contribution in [1.82, 2.24) is 0 Å². The van der Waals surface area contributed by atoms with Crippen molar-refractivity contribution in [2.45, 2.75) is 18.4 Å². The Labute approximate surface area is 131 Å². The molecule has 0 amide bonds. The molecule has 0 saturated carbocycles. The minimum Gasteiger partial charge on any atom is -0.481 e. The second kappa shape index (κ2) is 13.8. The summed E-state index contributed by atoms with van der Waals surface area (Å²) in [7, 11) is 0. The van der Waals surface area contributed by atoms with Crippen LogP contribution < -0.4 is 0 Å². The van der Waals surface area contributed by atoms with E-state index in [4.69, 9.17) is 40.1 Å². The number of aliphatic carboxylic acids is 3. The third-order valence-electron chi connectivity index (χ3n) is 2.13. The molecule has 0 atom stereocenters. The Hall–Kier alpha value is -1.79. The van der Waals surface area contributed by atoms with E-state index in [-0.39, 0.29) is 13.2 Å². The maximum Gasteiger partial charge on any atom is 0.336 e. The van der Waals surface area contributed by atoms with Crippen molar-refractivity contribution in [3.8, 4) is 0 Å². The number of carbonyl (C=O) groups is 3. The van der Waals surface area contributed by atoms with Crippen molar-refractivity contribution in [1.29, 1.82) is 0 Å². The molecule has 0 aromatic carbocycles. The Morgan fingerprint density at radius 1 is 0.739 bits per heavy atom. The molecular formula is C12H22O11. The molecule has 0 saturated heterocycles. The third-order valence-corrected chi connectivity index (χ3v) is 2.13. The fourth-order valence-electron chi connectivity index (χ4n) is 1.17. The minimum atomic E-state index is -2.74. The molecule has 0 bridgehead atoms. The van der Waals surface area contributed by atoms with Gasteiger partial charge in [-0.1, -0.05) is 0 Å². The Morgan fingerprint density at radius 3 is 1.30 bits per heavy atom. The Morgan fingerprint density at radius 2 is 1.09 bits per heavy atom. The first-order chi connectivity index (χ1) is 10.7. The fraction of sp³-hybridized carbons (Fsp3) is 0.750. The van der Waals surface area contributed by atoms with Gasteiger partial charge in [-0.25, -0.2) is 4.79 Å². The average molecular weight is 342 g/mol. The van der Waals surface area contributed by atoms with Crippen LogP contribution in [0.3, 0.4) is 0 Å². The summed E-state index contributed by atoms with van der Waals surface area (Å²) < 4.78 is 9.75. The molecule has 23 heavy (non-hydrogen) atoms. The van der Waals surface area contributed by atoms with Crippen LogP contribution in [0.4, 0.5) is 0 Å². The molecule has 0 unspecified atom stereocenters. The molecule has 0 rings (SSSR count). The molecule has 0 spiro atoms. The zero-order chi connectivity index (χ0) is 18.3. The van der Waals surface area contributed by atoms with Gasteiger partial charge in [-0.05, 0) is 0 Å². The van der Waals surface area contributed by atoms with E-state index in [2.05, 4.69) is 0 Å². The topological polar surface area (TPSA) is 191 Å². The first kappa shape index (κ1) is 23.5. The molecule has 11 heteroatoms. The SMILES string of the molecule is O=C(O)CC(O)(CC(=O)O)C(=O)O.OCCOCCOCCO. The van der Waals surface area contributed by atoms with Gasteiger partial charge in [0.1, 0.15) is 0 Å². The van der Waals surface area contributed by atoms with Crippen LogP contribution in [0.2, 0.25) is 0 Å². The van der Waals surface area contributed by atoms with E-state index in [0.717, 1.165) is 0 Å². The van der Waals surface area contributed by atoms with Crippen molar-refractivity contribution in [3.05, 3.63) is 0 Å². The number of aliphatic hydroxyl groups excluding tert-OH is 2. The van der Waals surface area contributed by atoms with Gasteiger partial charge in [-0.3, -0.25) is 9.59 Å². The van der Waals surface area contributed by atoms with Crippen LogP contribution in [0, 0.1) is 0 Å². The highest BCUT2D eigenvalue weighted by Crippen LogP contribution is 2.15. The van der Waals surface area contributed by atoms with E-state index in [1.54, 1.807) is 0 Å². The summed E-state index contributed by atoms with van der Waals surface area (Å²) in [5.41, 5.74) is -2.74. The second-order valence-electron chi connectivity index (χ2n) is 4.15. The van der Waals surface area contributed by atoms with Crippen LogP contribution in [0.25, 0.3) is 0 Å². The van der Waals surface area contributed by atoms with Crippen LogP contribution in [0.5, 0.6) is 0 Å². The lowest BCUT2D eigenvalue weighted by molar-refractivity contribution is -0.170. The zero-order valence-electron chi connectivity index (χ0n) is 12.4. The highest BCUT2D eigenvalue weighted by molar-refractivity contribution is 5.88. The Kier molecular flexibility index (Phi) is 14.1. The van der Waals surface area contributed by atoms with Gasteiger partial charge in [0.05, 0.1) is 52.5 Å². The highest BCUT2D eigenvalue weighted by Gasteiger charge is 2.40. The standard InChI is InChI=1S/C6H8O7.C6H14O4/c7-3(8)1-6(13,5(11)12)2-4(9)10;7-1-3-9-5-6-10-4-2-8/h13H,1-2H2,(H,7,8)(H,9,10)(H,11,12);7-8H,1-6H2. The molecule has 0 aliphatic rings. The zero-order valence-corrected chi connectivity index (χ0v) is 12.4. The van der Waals surface area contributed by atoms with E-state index >= 15 is 0 Å². The quantitative estimate of drug-likeness (QED) is 0.210. The monoisotopic (exact) mass is 342 g/mol. The van der Waals surface area contributed by atoms with Crippen LogP contribution >= 0.6 is 0 Å². The Balaban J connectivity index is 0. The third kappa shape index (κ3) is 14.9. The number of rotatable bonds is 12. The van der Waals surface area contributed by atoms with Crippen molar-refractivity contribution in [3.63, 3.8) is 0 Å².